The minimum atomic E-state index is -0.455. The first-order valence-electron chi connectivity index (χ1n) is 9.17. The molecule has 0 radical (unpaired) electrons. The van der Waals surface area contributed by atoms with E-state index >= 15 is 0 Å². The van der Waals surface area contributed by atoms with Gasteiger partial charge >= 0.3 is 5.63 Å². The molecule has 0 saturated carbocycles. The van der Waals surface area contributed by atoms with Gasteiger partial charge in [0.2, 0.25) is 0 Å². The molecule has 29 heavy (non-hydrogen) atoms. The monoisotopic (exact) mass is 392 g/mol. The Labute approximate surface area is 167 Å². The fraction of sp³-hybridized carbons (Fsp3) is 0.227. The summed E-state index contributed by atoms with van der Waals surface area (Å²) in [6.07, 6.45) is 0.195. The van der Waals surface area contributed by atoms with E-state index in [2.05, 4.69) is 6.07 Å². The SMILES string of the molecule is CCOc1ccc(N(CCC#N)C(=O)COc2ccc3ccc(=O)oc3c2)cc1. The van der Waals surface area contributed by atoms with Crippen LogP contribution in [-0.2, 0) is 4.79 Å². The summed E-state index contributed by atoms with van der Waals surface area (Å²) in [7, 11) is 0. The molecule has 3 aromatic rings. The van der Waals surface area contributed by atoms with Crippen LogP contribution in [0.25, 0.3) is 11.0 Å². The van der Waals surface area contributed by atoms with Gasteiger partial charge in [0.05, 0.1) is 19.1 Å². The number of hydrogen-bond donors (Lipinski definition) is 0. The second kappa shape index (κ2) is 9.42. The van der Waals surface area contributed by atoms with Crippen LogP contribution in [0.15, 0.2) is 63.8 Å². The van der Waals surface area contributed by atoms with E-state index in [0.29, 0.717) is 29.4 Å². The number of hydrogen-bond acceptors (Lipinski definition) is 6. The second-order valence-corrected chi connectivity index (χ2v) is 6.12. The summed E-state index contributed by atoms with van der Waals surface area (Å²) in [4.78, 5) is 25.6. The Hall–Kier alpha value is -3.79. The Morgan fingerprint density at radius 3 is 2.52 bits per heavy atom. The van der Waals surface area contributed by atoms with Crippen molar-refractivity contribution >= 4 is 22.6 Å². The van der Waals surface area contributed by atoms with Crippen molar-refractivity contribution < 1.29 is 18.7 Å². The average Bonchev–Trinajstić information content (AvgIpc) is 2.73. The number of benzene rings is 2. The Bertz CT molecular complexity index is 1080. The summed E-state index contributed by atoms with van der Waals surface area (Å²) in [5.41, 5.74) is 0.584. The molecular formula is C22H20N2O5. The number of carbonyl (C=O) groups is 1. The zero-order chi connectivity index (χ0) is 20.6. The molecule has 0 spiro atoms. The summed E-state index contributed by atoms with van der Waals surface area (Å²) in [6, 6.07) is 17.2. The van der Waals surface area contributed by atoms with Gasteiger partial charge in [0.15, 0.2) is 6.61 Å². The van der Waals surface area contributed by atoms with Crippen LogP contribution in [0.5, 0.6) is 11.5 Å². The van der Waals surface area contributed by atoms with Crippen LogP contribution in [-0.4, -0.2) is 25.7 Å². The number of amides is 1. The Kier molecular flexibility index (Phi) is 6.48. The average molecular weight is 392 g/mol. The molecule has 7 nitrogen and oxygen atoms in total. The molecule has 0 fully saturated rings. The lowest BCUT2D eigenvalue weighted by molar-refractivity contribution is -0.120. The van der Waals surface area contributed by atoms with E-state index in [-0.39, 0.29) is 25.5 Å². The second-order valence-electron chi connectivity index (χ2n) is 6.12. The van der Waals surface area contributed by atoms with Crippen LogP contribution in [0.4, 0.5) is 5.69 Å². The first-order chi connectivity index (χ1) is 14.1. The predicted molar refractivity (Wildman–Crippen MR) is 108 cm³/mol. The first-order valence-corrected chi connectivity index (χ1v) is 9.17. The Morgan fingerprint density at radius 2 is 1.79 bits per heavy atom. The molecule has 148 valence electrons. The number of carbonyl (C=O) groups excluding carboxylic acids is 1. The third-order valence-electron chi connectivity index (χ3n) is 4.16. The van der Waals surface area contributed by atoms with Gasteiger partial charge in [-0.15, -0.1) is 0 Å². The standard InChI is InChI=1S/C22H20N2O5/c1-2-27-18-9-6-17(7-10-18)24(13-3-12-23)21(25)15-28-19-8-4-16-5-11-22(26)29-20(16)14-19/h4-11,14H,2-3,13,15H2,1H3. The maximum absolute atomic E-state index is 12.7. The Balaban J connectivity index is 1.72. The number of ether oxygens (including phenoxy) is 2. The van der Waals surface area contributed by atoms with Crippen molar-refractivity contribution in [3.8, 4) is 17.6 Å². The van der Waals surface area contributed by atoms with E-state index in [1.165, 1.54) is 11.0 Å². The summed E-state index contributed by atoms with van der Waals surface area (Å²) in [6.45, 7) is 2.47. The highest BCUT2D eigenvalue weighted by molar-refractivity contribution is 5.94. The van der Waals surface area contributed by atoms with Gasteiger partial charge in [-0.1, -0.05) is 0 Å². The number of nitrogens with zero attached hydrogens (tertiary/aromatic N) is 2. The lowest BCUT2D eigenvalue weighted by Crippen LogP contribution is -2.35. The van der Waals surface area contributed by atoms with Crippen molar-refractivity contribution in [2.75, 3.05) is 24.7 Å². The molecule has 0 aliphatic carbocycles. The fourth-order valence-electron chi connectivity index (χ4n) is 2.80. The van der Waals surface area contributed by atoms with Crippen molar-refractivity contribution in [2.45, 2.75) is 13.3 Å². The molecule has 3 rings (SSSR count). The molecule has 1 aromatic heterocycles. The largest absolute Gasteiger partial charge is 0.494 e. The fourth-order valence-corrected chi connectivity index (χ4v) is 2.80. The van der Waals surface area contributed by atoms with Gasteiger partial charge in [-0.05, 0) is 49.4 Å². The first kappa shape index (κ1) is 20.0. The lowest BCUT2D eigenvalue weighted by Gasteiger charge is -2.22. The number of anilines is 1. The summed E-state index contributed by atoms with van der Waals surface area (Å²) < 4.78 is 16.2. The summed E-state index contributed by atoms with van der Waals surface area (Å²) in [5, 5.41) is 9.67. The number of rotatable bonds is 8. The molecule has 0 bridgehead atoms. The zero-order valence-electron chi connectivity index (χ0n) is 16.0. The summed E-state index contributed by atoms with van der Waals surface area (Å²) >= 11 is 0. The highest BCUT2D eigenvalue weighted by Crippen LogP contribution is 2.22. The van der Waals surface area contributed by atoms with Gasteiger partial charge in [0.1, 0.15) is 17.1 Å². The number of fused-ring (bicyclic) bond motifs is 1. The maximum Gasteiger partial charge on any atom is 0.336 e. The van der Waals surface area contributed by atoms with Crippen molar-refractivity contribution in [3.63, 3.8) is 0 Å². The van der Waals surface area contributed by atoms with Gasteiger partial charge in [0, 0.05) is 29.8 Å². The van der Waals surface area contributed by atoms with E-state index < -0.39 is 5.63 Å². The van der Waals surface area contributed by atoms with E-state index in [4.69, 9.17) is 19.2 Å². The molecule has 7 heteroatoms. The highest BCUT2D eigenvalue weighted by atomic mass is 16.5. The van der Waals surface area contributed by atoms with Gasteiger partial charge in [-0.2, -0.15) is 5.26 Å². The van der Waals surface area contributed by atoms with Crippen molar-refractivity contribution in [3.05, 3.63) is 65.0 Å². The third kappa shape index (κ3) is 5.14. The van der Waals surface area contributed by atoms with Crippen molar-refractivity contribution in [2.24, 2.45) is 0 Å². The maximum atomic E-state index is 12.7. The van der Waals surface area contributed by atoms with Crippen molar-refractivity contribution in [1.82, 2.24) is 0 Å². The molecule has 0 aliphatic heterocycles. The number of nitriles is 1. The van der Waals surface area contributed by atoms with Gasteiger partial charge in [0.25, 0.3) is 5.91 Å². The third-order valence-corrected chi connectivity index (χ3v) is 4.16. The molecule has 1 amide bonds. The molecule has 0 N–H and O–H groups in total. The van der Waals surface area contributed by atoms with Crippen LogP contribution in [0.1, 0.15) is 13.3 Å². The van der Waals surface area contributed by atoms with Crippen LogP contribution < -0.4 is 20.0 Å². The van der Waals surface area contributed by atoms with Crippen LogP contribution >= 0.6 is 0 Å². The minimum Gasteiger partial charge on any atom is -0.494 e. The predicted octanol–water partition coefficient (Wildman–Crippen LogP) is 3.52. The van der Waals surface area contributed by atoms with Gasteiger partial charge < -0.3 is 18.8 Å². The quantitative estimate of drug-likeness (QED) is 0.545. The zero-order valence-corrected chi connectivity index (χ0v) is 16.0. The van der Waals surface area contributed by atoms with Crippen LogP contribution in [0.2, 0.25) is 0 Å². The normalized spacial score (nSPS) is 10.3. The Morgan fingerprint density at radius 1 is 1.07 bits per heavy atom. The molecular weight excluding hydrogens is 372 g/mol. The summed E-state index contributed by atoms with van der Waals surface area (Å²) in [5.74, 6) is 0.823. The van der Waals surface area contributed by atoms with Crippen LogP contribution in [0.3, 0.4) is 0 Å². The van der Waals surface area contributed by atoms with E-state index in [0.717, 1.165) is 5.39 Å². The topological polar surface area (TPSA) is 92.8 Å². The van der Waals surface area contributed by atoms with E-state index in [1.807, 2.05) is 6.92 Å². The van der Waals surface area contributed by atoms with Crippen molar-refractivity contribution in [1.29, 1.82) is 5.26 Å². The molecule has 0 atom stereocenters. The smallest absolute Gasteiger partial charge is 0.336 e. The van der Waals surface area contributed by atoms with Gasteiger partial charge in [-0.25, -0.2) is 4.79 Å². The van der Waals surface area contributed by atoms with E-state index in [1.54, 1.807) is 48.5 Å². The minimum absolute atomic E-state index is 0.195. The molecule has 0 saturated heterocycles. The molecule has 2 aromatic carbocycles. The van der Waals surface area contributed by atoms with Crippen LogP contribution in [0, 0.1) is 11.3 Å². The molecule has 0 unspecified atom stereocenters. The molecule has 1 heterocycles. The lowest BCUT2D eigenvalue weighted by atomic mass is 10.2. The van der Waals surface area contributed by atoms with E-state index in [9.17, 15) is 9.59 Å². The highest BCUT2D eigenvalue weighted by Gasteiger charge is 2.16. The van der Waals surface area contributed by atoms with Gasteiger partial charge in [-0.3, -0.25) is 4.79 Å². The molecule has 0 aliphatic rings.